The summed E-state index contributed by atoms with van der Waals surface area (Å²) in [6, 6.07) is 5.11. The van der Waals surface area contributed by atoms with Crippen molar-refractivity contribution in [1.82, 2.24) is 0 Å². The van der Waals surface area contributed by atoms with Crippen LogP contribution < -0.4 is 0 Å². The number of rotatable bonds is 3. The molecule has 0 unspecified atom stereocenters. The Morgan fingerprint density at radius 1 is 1.21 bits per heavy atom. The van der Waals surface area contributed by atoms with Gasteiger partial charge >= 0.3 is 5.97 Å². The van der Waals surface area contributed by atoms with E-state index in [9.17, 15) is 14.3 Å². The molecule has 2 saturated carbocycles. The molecule has 0 radical (unpaired) electrons. The molecule has 2 nitrogen and oxygen atoms in total. The summed E-state index contributed by atoms with van der Waals surface area (Å²) in [5.74, 6) is -0.711. The zero-order valence-corrected chi connectivity index (χ0v) is 11.0. The Morgan fingerprint density at radius 3 is 2.42 bits per heavy atom. The van der Waals surface area contributed by atoms with E-state index >= 15 is 0 Å². The number of hydrogen-bond donors (Lipinski definition) is 1. The smallest absolute Gasteiger partial charge is 0.314 e. The van der Waals surface area contributed by atoms with E-state index in [2.05, 4.69) is 0 Å². The topological polar surface area (TPSA) is 37.3 Å². The molecule has 0 atom stereocenters. The van der Waals surface area contributed by atoms with Crippen molar-refractivity contribution in [2.45, 2.75) is 56.3 Å². The van der Waals surface area contributed by atoms with Gasteiger partial charge in [0.2, 0.25) is 0 Å². The van der Waals surface area contributed by atoms with Gasteiger partial charge in [-0.25, -0.2) is 4.39 Å². The maximum Gasteiger partial charge on any atom is 0.314 e. The molecule has 1 N–H and O–H groups in total. The van der Waals surface area contributed by atoms with E-state index < -0.39 is 11.4 Å². The van der Waals surface area contributed by atoms with Crippen LogP contribution in [0.25, 0.3) is 0 Å². The van der Waals surface area contributed by atoms with E-state index in [0.29, 0.717) is 24.3 Å². The van der Waals surface area contributed by atoms with E-state index in [-0.39, 0.29) is 5.82 Å². The third-order valence-electron chi connectivity index (χ3n) is 4.76. The SMILES string of the molecule is O=C(O)C1(c2ccc(C3CCCCC3)c(F)c2)CC1. The number of carboxylic acids is 1. The van der Waals surface area contributed by atoms with Crippen LogP contribution in [0.15, 0.2) is 18.2 Å². The molecule has 3 rings (SSSR count). The van der Waals surface area contributed by atoms with Crippen molar-refractivity contribution in [1.29, 1.82) is 0 Å². The predicted octanol–water partition coefficient (Wildman–Crippen LogP) is 3.99. The molecular weight excluding hydrogens is 243 g/mol. The molecule has 3 heteroatoms. The quantitative estimate of drug-likeness (QED) is 0.894. The molecule has 102 valence electrons. The van der Waals surface area contributed by atoms with Crippen LogP contribution in [-0.2, 0) is 10.2 Å². The molecule has 0 bridgehead atoms. The maximum absolute atomic E-state index is 14.3. The zero-order valence-electron chi connectivity index (χ0n) is 11.0. The van der Waals surface area contributed by atoms with Crippen LogP contribution in [0, 0.1) is 5.82 Å². The largest absolute Gasteiger partial charge is 0.481 e. The van der Waals surface area contributed by atoms with Gasteiger partial charge in [-0.05, 0) is 48.8 Å². The van der Waals surface area contributed by atoms with Crippen molar-refractivity contribution in [2.24, 2.45) is 0 Å². The predicted molar refractivity (Wildman–Crippen MR) is 70.8 cm³/mol. The van der Waals surface area contributed by atoms with Crippen LogP contribution in [0.1, 0.15) is 62.0 Å². The van der Waals surface area contributed by atoms with Crippen molar-refractivity contribution in [3.05, 3.63) is 35.1 Å². The molecule has 0 spiro atoms. The summed E-state index contributed by atoms with van der Waals surface area (Å²) in [4.78, 5) is 11.3. The van der Waals surface area contributed by atoms with Crippen LogP contribution >= 0.6 is 0 Å². The average molecular weight is 262 g/mol. The molecule has 0 aliphatic heterocycles. The fourth-order valence-electron chi connectivity index (χ4n) is 3.32. The van der Waals surface area contributed by atoms with Gasteiger partial charge < -0.3 is 5.11 Å². The van der Waals surface area contributed by atoms with Crippen molar-refractivity contribution in [3.63, 3.8) is 0 Å². The Bertz CT molecular complexity index is 499. The summed E-state index contributed by atoms with van der Waals surface area (Å²) >= 11 is 0. The molecule has 2 fully saturated rings. The average Bonchev–Trinajstić information content (AvgIpc) is 3.21. The Kier molecular flexibility index (Phi) is 3.08. The van der Waals surface area contributed by atoms with Crippen LogP contribution in [0.2, 0.25) is 0 Å². The third-order valence-corrected chi connectivity index (χ3v) is 4.76. The summed E-state index contributed by atoms with van der Waals surface area (Å²) < 4.78 is 14.3. The van der Waals surface area contributed by atoms with Crippen LogP contribution in [0.4, 0.5) is 4.39 Å². The number of carbonyl (C=O) groups is 1. The van der Waals surface area contributed by atoms with Crippen molar-refractivity contribution < 1.29 is 14.3 Å². The molecule has 0 amide bonds. The van der Waals surface area contributed by atoms with E-state index in [0.717, 1.165) is 18.4 Å². The first-order valence-electron chi connectivity index (χ1n) is 7.17. The van der Waals surface area contributed by atoms with Crippen LogP contribution in [-0.4, -0.2) is 11.1 Å². The second kappa shape index (κ2) is 4.62. The maximum atomic E-state index is 14.3. The first kappa shape index (κ1) is 12.6. The second-order valence-corrected chi connectivity index (χ2v) is 5.96. The van der Waals surface area contributed by atoms with Crippen molar-refractivity contribution >= 4 is 5.97 Å². The summed E-state index contributed by atoms with van der Waals surface area (Å²) in [5.41, 5.74) is 0.619. The molecular formula is C16H19FO2. The van der Waals surface area contributed by atoms with Gasteiger partial charge in [-0.15, -0.1) is 0 Å². The van der Waals surface area contributed by atoms with Crippen molar-refractivity contribution in [3.8, 4) is 0 Å². The van der Waals surface area contributed by atoms with Gasteiger partial charge in [0.05, 0.1) is 5.41 Å². The minimum Gasteiger partial charge on any atom is -0.481 e. The van der Waals surface area contributed by atoms with E-state index in [4.69, 9.17) is 0 Å². The molecule has 2 aliphatic rings. The molecule has 0 aromatic heterocycles. The van der Waals surface area contributed by atoms with E-state index in [1.807, 2.05) is 12.1 Å². The lowest BCUT2D eigenvalue weighted by atomic mass is 9.82. The molecule has 1 aromatic carbocycles. The molecule has 1 aromatic rings. The second-order valence-electron chi connectivity index (χ2n) is 5.96. The number of aliphatic carboxylic acids is 1. The Labute approximate surface area is 112 Å². The molecule has 2 aliphatic carbocycles. The summed E-state index contributed by atoms with van der Waals surface area (Å²) in [7, 11) is 0. The number of halogens is 1. The van der Waals surface area contributed by atoms with Crippen LogP contribution in [0.3, 0.4) is 0 Å². The number of hydrogen-bond acceptors (Lipinski definition) is 1. The number of benzene rings is 1. The van der Waals surface area contributed by atoms with Gasteiger partial charge in [0, 0.05) is 0 Å². The normalized spacial score (nSPS) is 22.2. The number of carboxylic acid groups (broad SMARTS) is 1. The first-order valence-corrected chi connectivity index (χ1v) is 7.17. The van der Waals surface area contributed by atoms with Gasteiger partial charge in [0.25, 0.3) is 0 Å². The van der Waals surface area contributed by atoms with Gasteiger partial charge in [-0.2, -0.15) is 0 Å². The minimum atomic E-state index is -0.822. The summed E-state index contributed by atoms with van der Waals surface area (Å²) in [6.07, 6.45) is 6.96. The highest BCUT2D eigenvalue weighted by atomic mass is 19.1. The molecule has 0 heterocycles. The highest BCUT2D eigenvalue weighted by molar-refractivity contribution is 5.84. The lowest BCUT2D eigenvalue weighted by Crippen LogP contribution is -2.20. The van der Waals surface area contributed by atoms with Gasteiger partial charge in [-0.1, -0.05) is 31.4 Å². The van der Waals surface area contributed by atoms with Crippen molar-refractivity contribution in [2.75, 3.05) is 0 Å². The lowest BCUT2D eigenvalue weighted by molar-refractivity contribution is -0.140. The Hall–Kier alpha value is -1.38. The highest BCUT2D eigenvalue weighted by Crippen LogP contribution is 2.49. The molecule has 0 saturated heterocycles. The monoisotopic (exact) mass is 262 g/mol. The van der Waals surface area contributed by atoms with E-state index in [1.54, 1.807) is 0 Å². The zero-order chi connectivity index (χ0) is 13.5. The summed E-state index contributed by atoms with van der Waals surface area (Å²) in [6.45, 7) is 0. The fourth-order valence-corrected chi connectivity index (χ4v) is 3.32. The lowest BCUT2D eigenvalue weighted by Gasteiger charge is -2.23. The van der Waals surface area contributed by atoms with E-state index in [1.165, 1.54) is 25.3 Å². The van der Waals surface area contributed by atoms with Gasteiger partial charge in [0.15, 0.2) is 0 Å². The van der Waals surface area contributed by atoms with Gasteiger partial charge in [-0.3, -0.25) is 4.79 Å². The Balaban J connectivity index is 1.88. The third kappa shape index (κ3) is 2.15. The first-order chi connectivity index (χ1) is 9.13. The highest BCUT2D eigenvalue weighted by Gasteiger charge is 2.51. The standard InChI is InChI=1S/C16H19FO2/c17-14-10-12(16(8-9-16)15(18)19)6-7-13(14)11-4-2-1-3-5-11/h6-7,10-11H,1-5,8-9H2,(H,18,19). The minimum absolute atomic E-state index is 0.211. The summed E-state index contributed by atoms with van der Waals surface area (Å²) in [5, 5.41) is 9.24. The Morgan fingerprint density at radius 2 is 1.89 bits per heavy atom. The molecule has 19 heavy (non-hydrogen) atoms. The van der Waals surface area contributed by atoms with Crippen LogP contribution in [0.5, 0.6) is 0 Å². The van der Waals surface area contributed by atoms with Gasteiger partial charge in [0.1, 0.15) is 5.82 Å². The fraction of sp³-hybridized carbons (Fsp3) is 0.562.